The van der Waals surface area contributed by atoms with Gasteiger partial charge in [-0.1, -0.05) is 0 Å². The minimum atomic E-state index is -3.81. The van der Waals surface area contributed by atoms with Gasteiger partial charge in [0.2, 0.25) is 15.9 Å². The fourth-order valence-corrected chi connectivity index (χ4v) is 2.30. The number of hydrogen-bond acceptors (Lipinski definition) is 3. The lowest BCUT2D eigenvalue weighted by Crippen LogP contribution is -2.45. The van der Waals surface area contributed by atoms with Gasteiger partial charge in [0.1, 0.15) is 5.82 Å². The van der Waals surface area contributed by atoms with Crippen LogP contribution in [0.3, 0.4) is 0 Å². The Labute approximate surface area is 112 Å². The van der Waals surface area contributed by atoms with Crippen molar-refractivity contribution >= 4 is 15.9 Å². The summed E-state index contributed by atoms with van der Waals surface area (Å²) in [5.74, 6) is -0.956. The summed E-state index contributed by atoms with van der Waals surface area (Å²) >= 11 is 0. The number of amides is 1. The van der Waals surface area contributed by atoms with E-state index in [1.54, 1.807) is 20.8 Å². The first-order chi connectivity index (χ1) is 8.60. The molecular formula is C12H17FN2O3S. The molecular weight excluding hydrogens is 271 g/mol. The third-order valence-electron chi connectivity index (χ3n) is 2.06. The Morgan fingerprint density at radius 1 is 1.21 bits per heavy atom. The average molecular weight is 288 g/mol. The van der Waals surface area contributed by atoms with Crippen LogP contribution in [0.25, 0.3) is 0 Å². The molecule has 7 heteroatoms. The highest BCUT2D eigenvalue weighted by Crippen LogP contribution is 2.09. The second-order valence-electron chi connectivity index (χ2n) is 5.08. The minimum Gasteiger partial charge on any atom is -0.350 e. The number of carbonyl (C=O) groups excluding carboxylic acids is 1. The van der Waals surface area contributed by atoms with Crippen molar-refractivity contribution in [3.63, 3.8) is 0 Å². The molecule has 0 saturated heterocycles. The summed E-state index contributed by atoms with van der Waals surface area (Å²) in [5, 5.41) is 2.63. The molecule has 0 saturated carbocycles. The van der Waals surface area contributed by atoms with E-state index in [0.717, 1.165) is 24.3 Å². The molecule has 0 radical (unpaired) electrons. The maximum absolute atomic E-state index is 12.7. The van der Waals surface area contributed by atoms with Gasteiger partial charge in [-0.2, -0.15) is 0 Å². The van der Waals surface area contributed by atoms with Gasteiger partial charge < -0.3 is 5.32 Å². The molecule has 0 aromatic heterocycles. The van der Waals surface area contributed by atoms with Gasteiger partial charge in [0, 0.05) is 5.54 Å². The van der Waals surface area contributed by atoms with Gasteiger partial charge in [0.05, 0.1) is 11.4 Å². The molecule has 0 spiro atoms. The largest absolute Gasteiger partial charge is 0.350 e. The van der Waals surface area contributed by atoms with Crippen LogP contribution in [0.15, 0.2) is 29.2 Å². The fraction of sp³-hybridized carbons (Fsp3) is 0.417. The van der Waals surface area contributed by atoms with E-state index in [4.69, 9.17) is 0 Å². The smallest absolute Gasteiger partial charge is 0.241 e. The molecule has 1 amide bonds. The second kappa shape index (κ2) is 5.66. The molecule has 0 bridgehead atoms. The Morgan fingerprint density at radius 2 is 1.74 bits per heavy atom. The van der Waals surface area contributed by atoms with Crippen molar-refractivity contribution in [1.29, 1.82) is 0 Å². The maximum atomic E-state index is 12.7. The molecule has 1 rings (SSSR count). The van der Waals surface area contributed by atoms with E-state index in [9.17, 15) is 17.6 Å². The third kappa shape index (κ3) is 5.35. The first-order valence-electron chi connectivity index (χ1n) is 5.66. The van der Waals surface area contributed by atoms with Gasteiger partial charge in [-0.25, -0.2) is 17.5 Å². The number of hydrogen-bond donors (Lipinski definition) is 2. The molecule has 19 heavy (non-hydrogen) atoms. The van der Waals surface area contributed by atoms with E-state index in [2.05, 4.69) is 10.0 Å². The van der Waals surface area contributed by atoms with Crippen LogP contribution in [0.1, 0.15) is 20.8 Å². The molecule has 0 heterocycles. The fourth-order valence-electron chi connectivity index (χ4n) is 1.32. The standard InChI is InChI=1S/C12H17FN2O3S/c1-12(2,3)15-11(16)8-14-19(17,18)10-6-4-9(13)5-7-10/h4-7,14H,8H2,1-3H3,(H,15,16). The third-order valence-corrected chi connectivity index (χ3v) is 3.48. The highest BCUT2D eigenvalue weighted by atomic mass is 32.2. The predicted octanol–water partition coefficient (Wildman–Crippen LogP) is 1.02. The lowest BCUT2D eigenvalue weighted by Gasteiger charge is -2.20. The first-order valence-corrected chi connectivity index (χ1v) is 7.15. The van der Waals surface area contributed by atoms with Crippen molar-refractivity contribution in [2.24, 2.45) is 0 Å². The van der Waals surface area contributed by atoms with E-state index in [1.807, 2.05) is 0 Å². The van der Waals surface area contributed by atoms with Gasteiger partial charge >= 0.3 is 0 Å². The summed E-state index contributed by atoms with van der Waals surface area (Å²) in [5.41, 5.74) is -0.432. The Kier molecular flexibility index (Phi) is 4.65. The number of nitrogens with one attached hydrogen (secondary N) is 2. The zero-order valence-corrected chi connectivity index (χ0v) is 11.8. The lowest BCUT2D eigenvalue weighted by atomic mass is 10.1. The SMILES string of the molecule is CC(C)(C)NC(=O)CNS(=O)(=O)c1ccc(F)cc1. The molecule has 0 aliphatic rings. The van der Waals surface area contributed by atoms with Crippen LogP contribution in [0, 0.1) is 5.82 Å². The summed E-state index contributed by atoms with van der Waals surface area (Å²) in [6.45, 7) is 5.01. The van der Waals surface area contributed by atoms with Crippen molar-refractivity contribution < 1.29 is 17.6 Å². The Balaban J connectivity index is 2.66. The van der Waals surface area contributed by atoms with E-state index in [0.29, 0.717) is 0 Å². The first kappa shape index (κ1) is 15.6. The Hall–Kier alpha value is -1.47. The van der Waals surface area contributed by atoms with Crippen LogP contribution in [0.4, 0.5) is 4.39 Å². The quantitative estimate of drug-likeness (QED) is 0.868. The predicted molar refractivity (Wildman–Crippen MR) is 69.5 cm³/mol. The van der Waals surface area contributed by atoms with Crippen molar-refractivity contribution in [2.75, 3.05) is 6.54 Å². The van der Waals surface area contributed by atoms with Crippen molar-refractivity contribution in [3.05, 3.63) is 30.1 Å². The van der Waals surface area contributed by atoms with Crippen LogP contribution in [-0.2, 0) is 14.8 Å². The number of sulfonamides is 1. The molecule has 0 atom stereocenters. The number of halogens is 1. The van der Waals surface area contributed by atoms with Crippen molar-refractivity contribution in [3.8, 4) is 0 Å². The summed E-state index contributed by atoms with van der Waals surface area (Å²) < 4.78 is 38.5. The summed E-state index contributed by atoms with van der Waals surface area (Å²) in [6, 6.07) is 4.37. The van der Waals surface area contributed by atoms with Gasteiger partial charge in [-0.15, -0.1) is 0 Å². The molecule has 0 unspecified atom stereocenters. The van der Waals surface area contributed by atoms with Crippen LogP contribution in [0.2, 0.25) is 0 Å². The van der Waals surface area contributed by atoms with Gasteiger partial charge in [-0.3, -0.25) is 4.79 Å². The Morgan fingerprint density at radius 3 is 2.21 bits per heavy atom. The normalized spacial score (nSPS) is 12.2. The van der Waals surface area contributed by atoms with Crippen molar-refractivity contribution in [1.82, 2.24) is 10.0 Å². The molecule has 0 fully saturated rings. The molecule has 2 N–H and O–H groups in total. The highest BCUT2D eigenvalue weighted by Gasteiger charge is 2.18. The topological polar surface area (TPSA) is 75.3 Å². The highest BCUT2D eigenvalue weighted by molar-refractivity contribution is 7.89. The molecule has 1 aromatic rings. The summed E-state index contributed by atoms with van der Waals surface area (Å²) in [7, 11) is -3.81. The monoisotopic (exact) mass is 288 g/mol. The van der Waals surface area contributed by atoms with E-state index in [1.165, 1.54) is 0 Å². The van der Waals surface area contributed by atoms with E-state index in [-0.39, 0.29) is 11.4 Å². The number of carbonyl (C=O) groups is 1. The minimum absolute atomic E-state index is 0.0857. The van der Waals surface area contributed by atoms with E-state index < -0.39 is 27.3 Å². The van der Waals surface area contributed by atoms with Gasteiger partial charge in [-0.05, 0) is 45.0 Å². The molecule has 1 aromatic carbocycles. The molecule has 0 aliphatic carbocycles. The zero-order valence-electron chi connectivity index (χ0n) is 11.0. The summed E-state index contributed by atoms with van der Waals surface area (Å²) in [4.78, 5) is 11.4. The second-order valence-corrected chi connectivity index (χ2v) is 6.84. The van der Waals surface area contributed by atoms with Crippen LogP contribution in [0.5, 0.6) is 0 Å². The maximum Gasteiger partial charge on any atom is 0.241 e. The zero-order chi connectivity index (χ0) is 14.7. The van der Waals surface area contributed by atoms with Crippen molar-refractivity contribution in [2.45, 2.75) is 31.2 Å². The number of benzene rings is 1. The van der Waals surface area contributed by atoms with Gasteiger partial charge in [0.15, 0.2) is 0 Å². The Bertz CT molecular complexity index is 547. The van der Waals surface area contributed by atoms with Crippen LogP contribution < -0.4 is 10.0 Å². The average Bonchev–Trinajstić information content (AvgIpc) is 2.25. The van der Waals surface area contributed by atoms with E-state index >= 15 is 0 Å². The summed E-state index contributed by atoms with van der Waals surface area (Å²) in [6.07, 6.45) is 0. The number of rotatable bonds is 4. The van der Waals surface area contributed by atoms with Crippen LogP contribution in [-0.4, -0.2) is 26.4 Å². The molecule has 0 aliphatic heterocycles. The lowest BCUT2D eigenvalue weighted by molar-refractivity contribution is -0.121. The van der Waals surface area contributed by atoms with Crippen LogP contribution >= 0.6 is 0 Å². The molecule has 5 nitrogen and oxygen atoms in total. The molecule has 106 valence electrons. The van der Waals surface area contributed by atoms with Gasteiger partial charge in [0.25, 0.3) is 0 Å².